The van der Waals surface area contributed by atoms with Crippen LogP contribution in [0.1, 0.15) is 16.7 Å². The predicted molar refractivity (Wildman–Crippen MR) is 127 cm³/mol. The summed E-state index contributed by atoms with van der Waals surface area (Å²) in [4.78, 5) is 12.6. The fourth-order valence-corrected chi connectivity index (χ4v) is 4.02. The lowest BCUT2D eigenvalue weighted by Crippen LogP contribution is -2.15. The summed E-state index contributed by atoms with van der Waals surface area (Å²) in [7, 11) is 0. The first-order valence-electron chi connectivity index (χ1n) is 10.1. The summed E-state index contributed by atoms with van der Waals surface area (Å²) in [6, 6.07) is 24.0. The molecule has 0 radical (unpaired) electrons. The summed E-state index contributed by atoms with van der Waals surface area (Å²) in [5, 5.41) is 12.5. The van der Waals surface area contributed by atoms with Crippen molar-refractivity contribution in [3.05, 3.63) is 89.5 Å². The maximum Gasteiger partial charge on any atom is 0.234 e. The molecule has 6 heteroatoms. The Kier molecular flexibility index (Phi) is 6.18. The number of aromatic nitrogens is 3. The van der Waals surface area contributed by atoms with E-state index in [1.165, 1.54) is 22.9 Å². The van der Waals surface area contributed by atoms with Crippen molar-refractivity contribution >= 4 is 23.4 Å². The van der Waals surface area contributed by atoms with E-state index in [1.807, 2.05) is 66.1 Å². The number of anilines is 1. The third-order valence-electron chi connectivity index (χ3n) is 5.17. The molecule has 0 aliphatic rings. The van der Waals surface area contributed by atoms with Crippen LogP contribution in [-0.2, 0) is 4.79 Å². The second kappa shape index (κ2) is 9.18. The van der Waals surface area contributed by atoms with Gasteiger partial charge in [-0.2, -0.15) is 0 Å². The van der Waals surface area contributed by atoms with E-state index in [1.54, 1.807) is 0 Å². The molecule has 0 unspecified atom stereocenters. The lowest BCUT2D eigenvalue weighted by molar-refractivity contribution is -0.113. The number of rotatable bonds is 6. The summed E-state index contributed by atoms with van der Waals surface area (Å²) in [6.45, 7) is 6.16. The van der Waals surface area contributed by atoms with Crippen molar-refractivity contribution in [1.82, 2.24) is 14.8 Å². The van der Waals surface area contributed by atoms with Crippen LogP contribution in [0.3, 0.4) is 0 Å². The number of aryl methyl sites for hydroxylation is 3. The van der Waals surface area contributed by atoms with Gasteiger partial charge in [-0.1, -0.05) is 66.4 Å². The van der Waals surface area contributed by atoms with Crippen LogP contribution in [0.15, 0.2) is 78.0 Å². The van der Waals surface area contributed by atoms with Crippen molar-refractivity contribution in [2.75, 3.05) is 11.1 Å². The molecular weight excluding hydrogens is 404 g/mol. The van der Waals surface area contributed by atoms with Gasteiger partial charge in [0.1, 0.15) is 0 Å². The first-order valence-corrected chi connectivity index (χ1v) is 11.1. The highest BCUT2D eigenvalue weighted by atomic mass is 32.2. The fraction of sp³-hybridized carbons (Fsp3) is 0.160. The third kappa shape index (κ3) is 4.70. The molecule has 0 fully saturated rings. The molecule has 156 valence electrons. The normalized spacial score (nSPS) is 10.8. The number of thioether (sulfide) groups is 1. The molecule has 5 nitrogen and oxygen atoms in total. The van der Waals surface area contributed by atoms with Crippen LogP contribution in [0.25, 0.3) is 17.1 Å². The number of nitrogens with one attached hydrogen (secondary N) is 1. The summed E-state index contributed by atoms with van der Waals surface area (Å²) in [6.07, 6.45) is 0. The minimum atomic E-state index is -0.0739. The quantitative estimate of drug-likeness (QED) is 0.407. The number of hydrogen-bond acceptors (Lipinski definition) is 4. The fourth-order valence-electron chi connectivity index (χ4n) is 3.26. The van der Waals surface area contributed by atoms with Crippen LogP contribution in [-0.4, -0.2) is 26.4 Å². The highest BCUT2D eigenvalue weighted by Gasteiger charge is 2.18. The number of para-hydroxylation sites is 1. The van der Waals surface area contributed by atoms with Crippen LogP contribution < -0.4 is 5.32 Å². The van der Waals surface area contributed by atoms with Crippen molar-refractivity contribution in [2.24, 2.45) is 0 Å². The monoisotopic (exact) mass is 428 g/mol. The van der Waals surface area contributed by atoms with Gasteiger partial charge in [-0.25, -0.2) is 0 Å². The van der Waals surface area contributed by atoms with E-state index in [0.29, 0.717) is 5.16 Å². The van der Waals surface area contributed by atoms with Crippen molar-refractivity contribution in [1.29, 1.82) is 0 Å². The molecule has 0 spiro atoms. The maximum atomic E-state index is 12.6. The number of nitrogens with zero attached hydrogens (tertiary/aromatic N) is 3. The lowest BCUT2D eigenvalue weighted by Gasteiger charge is -2.12. The number of carbonyl (C=O) groups is 1. The van der Waals surface area contributed by atoms with Gasteiger partial charge in [0.05, 0.1) is 11.4 Å². The Morgan fingerprint density at radius 2 is 1.61 bits per heavy atom. The smallest absolute Gasteiger partial charge is 0.234 e. The van der Waals surface area contributed by atoms with Crippen LogP contribution in [0.2, 0.25) is 0 Å². The molecular formula is C25H24N4OS. The lowest BCUT2D eigenvalue weighted by atomic mass is 10.1. The van der Waals surface area contributed by atoms with E-state index in [0.717, 1.165) is 28.3 Å². The molecule has 0 atom stereocenters. The van der Waals surface area contributed by atoms with Crippen molar-refractivity contribution in [2.45, 2.75) is 25.9 Å². The Labute approximate surface area is 186 Å². The van der Waals surface area contributed by atoms with E-state index >= 15 is 0 Å². The summed E-state index contributed by atoms with van der Waals surface area (Å²) in [5.74, 6) is 0.924. The van der Waals surface area contributed by atoms with E-state index in [2.05, 4.69) is 47.6 Å². The molecule has 1 amide bonds. The van der Waals surface area contributed by atoms with E-state index in [9.17, 15) is 4.79 Å². The zero-order valence-electron chi connectivity index (χ0n) is 17.8. The Morgan fingerprint density at radius 1 is 0.871 bits per heavy atom. The van der Waals surface area contributed by atoms with Gasteiger partial charge < -0.3 is 5.32 Å². The zero-order chi connectivity index (χ0) is 21.8. The molecule has 0 aliphatic carbocycles. The Balaban J connectivity index is 1.63. The predicted octanol–water partition coefficient (Wildman–Crippen LogP) is 5.59. The minimum Gasteiger partial charge on any atom is -0.325 e. The molecule has 0 bridgehead atoms. The molecule has 1 aromatic heterocycles. The van der Waals surface area contributed by atoms with Gasteiger partial charge in [0, 0.05) is 11.3 Å². The molecule has 31 heavy (non-hydrogen) atoms. The van der Waals surface area contributed by atoms with Crippen LogP contribution in [0, 0.1) is 20.8 Å². The third-order valence-corrected chi connectivity index (χ3v) is 6.09. The number of benzene rings is 3. The van der Waals surface area contributed by atoms with E-state index in [4.69, 9.17) is 0 Å². The van der Waals surface area contributed by atoms with Gasteiger partial charge in [-0.3, -0.25) is 9.36 Å². The van der Waals surface area contributed by atoms with Crippen molar-refractivity contribution in [3.63, 3.8) is 0 Å². The standard InChI is InChI=1S/C25H24N4OS/c1-17-13-14-21(15-19(17)3)29-24(20-10-5-4-6-11-20)27-28-25(29)31-16-23(30)26-22-12-8-7-9-18(22)2/h4-15H,16H2,1-3H3,(H,26,30). The van der Waals surface area contributed by atoms with Gasteiger partial charge in [0.15, 0.2) is 11.0 Å². The first-order chi connectivity index (χ1) is 15.0. The van der Waals surface area contributed by atoms with Gasteiger partial charge in [0.2, 0.25) is 5.91 Å². The van der Waals surface area contributed by atoms with Gasteiger partial charge in [0.25, 0.3) is 0 Å². The number of hydrogen-bond donors (Lipinski definition) is 1. The Hall–Kier alpha value is -3.38. The molecule has 3 aromatic carbocycles. The summed E-state index contributed by atoms with van der Waals surface area (Å²) in [5.41, 5.74) is 6.24. The van der Waals surface area contributed by atoms with E-state index in [-0.39, 0.29) is 11.7 Å². The molecule has 4 aromatic rings. The molecule has 4 rings (SSSR count). The Bertz CT molecular complexity index is 1220. The van der Waals surface area contributed by atoms with Crippen LogP contribution >= 0.6 is 11.8 Å². The molecule has 1 heterocycles. The second-order valence-electron chi connectivity index (χ2n) is 7.43. The SMILES string of the molecule is Cc1ccc(-n2c(SCC(=O)Nc3ccccc3C)nnc2-c2ccccc2)cc1C. The van der Waals surface area contributed by atoms with E-state index < -0.39 is 0 Å². The molecule has 0 aliphatic heterocycles. The summed E-state index contributed by atoms with van der Waals surface area (Å²) < 4.78 is 2.02. The molecule has 1 N–H and O–H groups in total. The van der Waals surface area contributed by atoms with Crippen molar-refractivity contribution < 1.29 is 4.79 Å². The number of carbonyl (C=O) groups excluding carboxylic acids is 1. The van der Waals surface area contributed by atoms with Crippen molar-refractivity contribution in [3.8, 4) is 17.1 Å². The Morgan fingerprint density at radius 3 is 2.35 bits per heavy atom. The van der Waals surface area contributed by atoms with Gasteiger partial charge in [-0.15, -0.1) is 10.2 Å². The van der Waals surface area contributed by atoms with Gasteiger partial charge >= 0.3 is 0 Å². The first kappa shape index (κ1) is 20.9. The zero-order valence-corrected chi connectivity index (χ0v) is 18.6. The highest BCUT2D eigenvalue weighted by Crippen LogP contribution is 2.29. The van der Waals surface area contributed by atoms with Gasteiger partial charge in [-0.05, 0) is 55.7 Å². The van der Waals surface area contributed by atoms with Crippen LogP contribution in [0.5, 0.6) is 0 Å². The minimum absolute atomic E-state index is 0.0739. The van der Waals surface area contributed by atoms with Crippen LogP contribution in [0.4, 0.5) is 5.69 Å². The average molecular weight is 429 g/mol. The molecule has 0 saturated carbocycles. The number of amides is 1. The molecule has 0 saturated heterocycles. The summed E-state index contributed by atoms with van der Waals surface area (Å²) >= 11 is 1.38. The largest absolute Gasteiger partial charge is 0.325 e. The highest BCUT2D eigenvalue weighted by molar-refractivity contribution is 7.99. The second-order valence-corrected chi connectivity index (χ2v) is 8.37. The topological polar surface area (TPSA) is 59.8 Å². The average Bonchev–Trinajstić information content (AvgIpc) is 3.20. The maximum absolute atomic E-state index is 12.6.